The quantitative estimate of drug-likeness (QED) is 0.393. The zero-order valence-corrected chi connectivity index (χ0v) is 16.0. The predicted octanol–water partition coefficient (Wildman–Crippen LogP) is 3.42. The zero-order valence-electron chi connectivity index (χ0n) is 15.2. The molecule has 0 saturated heterocycles. The standard InChI is InChI=1S/C18H15ClF3N5O2/c1-10(11-6-3-4-7-12(11)18(20,21)22)16(29-23)15-13(19)8-5-9-14(15)27-17(28)26(2)24-25-27/h3-9H,23H2,1-2H3/b16-10+. The van der Waals surface area contributed by atoms with E-state index in [1.165, 1.54) is 44.3 Å². The van der Waals surface area contributed by atoms with Crippen molar-refractivity contribution in [1.29, 1.82) is 0 Å². The first kappa shape index (κ1) is 20.6. The molecule has 0 aliphatic carbocycles. The van der Waals surface area contributed by atoms with Crippen molar-refractivity contribution in [3.05, 3.63) is 74.7 Å². The summed E-state index contributed by atoms with van der Waals surface area (Å²) >= 11 is 6.31. The third-order valence-electron chi connectivity index (χ3n) is 4.26. The molecule has 0 saturated carbocycles. The van der Waals surface area contributed by atoms with E-state index in [2.05, 4.69) is 10.4 Å². The Bertz CT molecular complexity index is 1150. The van der Waals surface area contributed by atoms with Gasteiger partial charge in [-0.05, 0) is 41.1 Å². The SMILES string of the molecule is C/C(=C(\ON)c1c(Cl)cccc1-n1nnn(C)c1=O)c1ccccc1C(F)(F)F. The van der Waals surface area contributed by atoms with Gasteiger partial charge in [0, 0.05) is 12.6 Å². The van der Waals surface area contributed by atoms with Crippen molar-refractivity contribution >= 4 is 22.9 Å². The second-order valence-corrected chi connectivity index (χ2v) is 6.45. The molecule has 0 radical (unpaired) electrons. The molecule has 3 rings (SSSR count). The van der Waals surface area contributed by atoms with Crippen molar-refractivity contribution in [2.45, 2.75) is 13.1 Å². The molecule has 1 aromatic heterocycles. The molecule has 0 atom stereocenters. The van der Waals surface area contributed by atoms with Crippen LogP contribution in [0.25, 0.3) is 17.0 Å². The molecule has 0 aliphatic heterocycles. The topological polar surface area (TPSA) is 88.0 Å². The summed E-state index contributed by atoms with van der Waals surface area (Å²) in [5.41, 5.74) is -1.26. The largest absolute Gasteiger partial charge is 0.416 e. The van der Waals surface area contributed by atoms with E-state index < -0.39 is 17.4 Å². The fourth-order valence-corrected chi connectivity index (χ4v) is 3.15. The Hall–Kier alpha value is -3.11. The number of rotatable bonds is 4. The van der Waals surface area contributed by atoms with Crippen LogP contribution >= 0.6 is 11.6 Å². The summed E-state index contributed by atoms with van der Waals surface area (Å²) in [6.07, 6.45) is -4.59. The summed E-state index contributed by atoms with van der Waals surface area (Å²) < 4.78 is 42.3. The van der Waals surface area contributed by atoms with Crippen LogP contribution in [0.4, 0.5) is 13.2 Å². The van der Waals surface area contributed by atoms with E-state index >= 15 is 0 Å². The lowest BCUT2D eigenvalue weighted by Gasteiger charge is -2.18. The molecule has 3 aromatic rings. The Morgan fingerprint density at radius 1 is 1.14 bits per heavy atom. The molecule has 0 unspecified atom stereocenters. The maximum absolute atomic E-state index is 13.5. The van der Waals surface area contributed by atoms with E-state index in [-0.39, 0.29) is 33.2 Å². The Morgan fingerprint density at radius 2 is 1.83 bits per heavy atom. The van der Waals surface area contributed by atoms with E-state index in [4.69, 9.17) is 22.3 Å². The molecule has 11 heteroatoms. The number of allylic oxidation sites excluding steroid dienone is 1. The average Bonchev–Trinajstić information content (AvgIpc) is 3.01. The average molecular weight is 426 g/mol. The second-order valence-electron chi connectivity index (χ2n) is 6.05. The van der Waals surface area contributed by atoms with Crippen LogP contribution in [0.1, 0.15) is 23.6 Å². The van der Waals surface area contributed by atoms with Crippen molar-refractivity contribution in [1.82, 2.24) is 19.8 Å². The first-order valence-electron chi connectivity index (χ1n) is 8.19. The molecular weight excluding hydrogens is 411 g/mol. The van der Waals surface area contributed by atoms with E-state index in [0.717, 1.165) is 15.4 Å². The van der Waals surface area contributed by atoms with E-state index in [1.54, 1.807) is 6.07 Å². The number of benzene rings is 2. The molecule has 2 aromatic carbocycles. The Kier molecular flexibility index (Phi) is 5.49. The number of hydrogen-bond acceptors (Lipinski definition) is 5. The van der Waals surface area contributed by atoms with Crippen LogP contribution in [0, 0.1) is 0 Å². The normalized spacial score (nSPS) is 12.7. The van der Waals surface area contributed by atoms with Crippen LogP contribution in [0.3, 0.4) is 0 Å². The third kappa shape index (κ3) is 3.76. The van der Waals surface area contributed by atoms with Gasteiger partial charge in [-0.25, -0.2) is 4.79 Å². The van der Waals surface area contributed by atoms with Crippen LogP contribution < -0.4 is 11.6 Å². The number of tetrazole rings is 1. The monoisotopic (exact) mass is 425 g/mol. The first-order valence-corrected chi connectivity index (χ1v) is 8.57. The number of aryl methyl sites for hydroxylation is 1. The van der Waals surface area contributed by atoms with Gasteiger partial charge in [0.15, 0.2) is 5.76 Å². The molecule has 0 fully saturated rings. The minimum Gasteiger partial charge on any atom is -0.410 e. The van der Waals surface area contributed by atoms with Gasteiger partial charge in [-0.2, -0.15) is 28.4 Å². The predicted molar refractivity (Wildman–Crippen MR) is 101 cm³/mol. The number of hydrogen-bond donors (Lipinski definition) is 1. The van der Waals surface area contributed by atoms with Gasteiger partial charge in [-0.15, -0.1) is 0 Å². The molecule has 0 amide bonds. The van der Waals surface area contributed by atoms with E-state index in [1.807, 2.05) is 0 Å². The highest BCUT2D eigenvalue weighted by Crippen LogP contribution is 2.39. The smallest absolute Gasteiger partial charge is 0.410 e. The second kappa shape index (κ2) is 7.72. The lowest BCUT2D eigenvalue weighted by atomic mass is 9.96. The summed E-state index contributed by atoms with van der Waals surface area (Å²) in [4.78, 5) is 17.3. The van der Waals surface area contributed by atoms with Crippen molar-refractivity contribution in [3.63, 3.8) is 0 Å². The van der Waals surface area contributed by atoms with Crippen LogP contribution in [0.5, 0.6) is 0 Å². The maximum Gasteiger partial charge on any atom is 0.416 e. The number of alkyl halides is 3. The Morgan fingerprint density at radius 3 is 2.41 bits per heavy atom. The molecule has 0 bridgehead atoms. The summed E-state index contributed by atoms with van der Waals surface area (Å²) in [7, 11) is 1.40. The van der Waals surface area contributed by atoms with Crippen molar-refractivity contribution < 1.29 is 18.0 Å². The van der Waals surface area contributed by atoms with E-state index in [0.29, 0.717) is 0 Å². The molecule has 29 heavy (non-hydrogen) atoms. The highest BCUT2D eigenvalue weighted by atomic mass is 35.5. The van der Waals surface area contributed by atoms with Gasteiger partial charge >= 0.3 is 11.9 Å². The molecule has 7 nitrogen and oxygen atoms in total. The fourth-order valence-electron chi connectivity index (χ4n) is 2.89. The van der Waals surface area contributed by atoms with Crippen molar-refractivity contribution in [3.8, 4) is 5.69 Å². The van der Waals surface area contributed by atoms with Crippen LogP contribution in [0.15, 0.2) is 47.3 Å². The molecule has 152 valence electrons. The highest BCUT2D eigenvalue weighted by Gasteiger charge is 2.34. The maximum atomic E-state index is 13.5. The minimum absolute atomic E-state index is 0.0757. The van der Waals surface area contributed by atoms with E-state index in [9.17, 15) is 18.0 Å². The van der Waals surface area contributed by atoms with Gasteiger partial charge < -0.3 is 4.84 Å². The van der Waals surface area contributed by atoms with Crippen LogP contribution in [-0.2, 0) is 18.1 Å². The van der Waals surface area contributed by atoms with Gasteiger partial charge in [0.2, 0.25) is 0 Å². The zero-order chi connectivity index (χ0) is 21.3. The van der Waals surface area contributed by atoms with Gasteiger partial charge in [0.25, 0.3) is 0 Å². The summed E-state index contributed by atoms with van der Waals surface area (Å²) in [5.74, 6) is 5.30. The van der Waals surface area contributed by atoms with Crippen LogP contribution in [-0.4, -0.2) is 19.8 Å². The molecular formula is C18H15ClF3N5O2. The number of aromatic nitrogens is 4. The molecule has 2 N–H and O–H groups in total. The lowest BCUT2D eigenvalue weighted by molar-refractivity contribution is -0.137. The third-order valence-corrected chi connectivity index (χ3v) is 4.58. The Labute approximate surface area is 167 Å². The molecule has 1 heterocycles. The van der Waals surface area contributed by atoms with Crippen LogP contribution in [0.2, 0.25) is 5.02 Å². The van der Waals surface area contributed by atoms with Gasteiger partial charge in [0.05, 0.1) is 21.8 Å². The lowest BCUT2D eigenvalue weighted by Crippen LogP contribution is -2.23. The summed E-state index contributed by atoms with van der Waals surface area (Å²) in [6.45, 7) is 1.42. The van der Waals surface area contributed by atoms with Gasteiger partial charge in [0.1, 0.15) is 0 Å². The number of nitrogens with two attached hydrogens (primary N) is 1. The molecule has 0 spiro atoms. The first-order chi connectivity index (χ1) is 13.7. The Balaban J connectivity index is 2.33. The van der Waals surface area contributed by atoms with Gasteiger partial charge in [-0.3, -0.25) is 0 Å². The highest BCUT2D eigenvalue weighted by molar-refractivity contribution is 6.33. The summed E-state index contributed by atoms with van der Waals surface area (Å²) in [6, 6.07) is 9.53. The number of nitrogens with zero attached hydrogens (tertiary/aromatic N) is 4. The van der Waals surface area contributed by atoms with Gasteiger partial charge in [-0.1, -0.05) is 35.9 Å². The van der Waals surface area contributed by atoms with Crippen molar-refractivity contribution in [2.24, 2.45) is 12.9 Å². The number of halogens is 4. The summed E-state index contributed by atoms with van der Waals surface area (Å²) in [5, 5.41) is 7.49. The minimum atomic E-state index is -4.59. The van der Waals surface area contributed by atoms with Crippen molar-refractivity contribution in [2.75, 3.05) is 0 Å². The fraction of sp³-hybridized carbons (Fsp3) is 0.167. The molecule has 0 aliphatic rings.